The Labute approximate surface area is 49.6 Å². The van der Waals surface area contributed by atoms with E-state index in [4.69, 9.17) is 5.73 Å². The Kier molecular flexibility index (Phi) is 3.03. The van der Waals surface area contributed by atoms with Gasteiger partial charge in [-0.25, -0.2) is 8.42 Å². The number of hydrogen-bond donors (Lipinski definition) is 1. The van der Waals surface area contributed by atoms with Gasteiger partial charge in [-0.15, -0.1) is 0 Å². The van der Waals surface area contributed by atoms with Crippen molar-refractivity contribution in [1.29, 1.82) is 0 Å². The van der Waals surface area contributed by atoms with Crippen molar-refractivity contribution in [3.8, 4) is 0 Å². The third kappa shape index (κ3) is 3.01. The first kappa shape index (κ1) is 7.93. The average molecular weight is 135 g/mol. The van der Waals surface area contributed by atoms with Crippen LogP contribution in [0.5, 0.6) is 0 Å². The van der Waals surface area contributed by atoms with E-state index < -0.39 is 10.1 Å². The summed E-state index contributed by atoms with van der Waals surface area (Å²) in [5, 5.41) is 0. The molecule has 0 fully saturated rings. The SMILES string of the molecule is [B]OS(=O)(=O)CCN. The summed E-state index contributed by atoms with van der Waals surface area (Å²) in [7, 11) is 0.832. The van der Waals surface area contributed by atoms with Crippen molar-refractivity contribution in [2.45, 2.75) is 0 Å². The van der Waals surface area contributed by atoms with Gasteiger partial charge in [0.15, 0.2) is 0 Å². The van der Waals surface area contributed by atoms with Crippen LogP contribution in [0.15, 0.2) is 0 Å². The minimum atomic E-state index is -3.52. The molecule has 0 aliphatic rings. The summed E-state index contributed by atoms with van der Waals surface area (Å²) in [4.78, 5) is 0. The standard InChI is InChI=1S/C2H6BNO3S/c3-7-8(5,6)2-1-4/h1-2,4H2. The van der Waals surface area contributed by atoms with Gasteiger partial charge in [-0.05, 0) is 0 Å². The van der Waals surface area contributed by atoms with Gasteiger partial charge in [0, 0.05) is 6.54 Å². The summed E-state index contributed by atoms with van der Waals surface area (Å²) in [6, 6.07) is 0. The predicted octanol–water partition coefficient (Wildman–Crippen LogP) is -1.62. The Morgan fingerprint density at radius 1 is 1.62 bits per heavy atom. The molecule has 0 aromatic carbocycles. The molecule has 2 radical (unpaired) electrons. The fourth-order valence-electron chi connectivity index (χ4n) is 0.192. The van der Waals surface area contributed by atoms with Gasteiger partial charge in [-0.1, -0.05) is 0 Å². The molecule has 46 valence electrons. The molecule has 0 saturated heterocycles. The lowest BCUT2D eigenvalue weighted by atomic mass is 10.6. The monoisotopic (exact) mass is 135 g/mol. The first-order valence-electron chi connectivity index (χ1n) is 1.93. The maximum atomic E-state index is 10.2. The molecule has 0 aromatic rings. The van der Waals surface area contributed by atoms with Crippen LogP contribution in [0.3, 0.4) is 0 Å². The summed E-state index contributed by atoms with van der Waals surface area (Å²) in [6.07, 6.45) is 0. The maximum Gasteiger partial charge on any atom is 0.311 e. The van der Waals surface area contributed by atoms with Gasteiger partial charge < -0.3 is 9.83 Å². The zero-order valence-corrected chi connectivity index (χ0v) is 5.02. The minimum absolute atomic E-state index is 0.0273. The van der Waals surface area contributed by atoms with Crippen LogP contribution in [-0.4, -0.2) is 28.8 Å². The summed E-state index contributed by atoms with van der Waals surface area (Å²) in [5.74, 6) is -0.233. The highest BCUT2D eigenvalue weighted by atomic mass is 32.2. The summed E-state index contributed by atoms with van der Waals surface area (Å²) in [6.45, 7) is 0.0273. The van der Waals surface area contributed by atoms with Crippen LogP contribution in [0, 0.1) is 0 Å². The van der Waals surface area contributed by atoms with Gasteiger partial charge in [0.05, 0.1) is 5.75 Å². The zero-order chi connectivity index (χ0) is 6.62. The molecule has 0 aromatic heterocycles. The summed E-state index contributed by atoms with van der Waals surface area (Å²) in [5.41, 5.74) is 4.88. The molecular weight excluding hydrogens is 129 g/mol. The van der Waals surface area contributed by atoms with Crippen LogP contribution in [0.1, 0.15) is 0 Å². The molecule has 2 N–H and O–H groups in total. The van der Waals surface area contributed by atoms with Crippen LogP contribution >= 0.6 is 0 Å². The molecule has 0 saturated carbocycles. The van der Waals surface area contributed by atoms with Crippen LogP contribution in [0.25, 0.3) is 0 Å². The molecule has 6 heteroatoms. The quantitative estimate of drug-likeness (QED) is 0.472. The van der Waals surface area contributed by atoms with Crippen molar-refractivity contribution in [3.05, 3.63) is 0 Å². The van der Waals surface area contributed by atoms with Gasteiger partial charge in [-0.3, -0.25) is 0 Å². The van der Waals surface area contributed by atoms with Gasteiger partial charge in [0.25, 0.3) is 10.1 Å². The Balaban J connectivity index is 3.76. The smallest absolute Gasteiger partial charge is 0.311 e. The normalized spacial score (nSPS) is 11.6. The van der Waals surface area contributed by atoms with Gasteiger partial charge in [-0.2, -0.15) is 0 Å². The number of hydrogen-bond acceptors (Lipinski definition) is 4. The van der Waals surface area contributed by atoms with Crippen LogP contribution < -0.4 is 5.73 Å². The minimum Gasteiger partial charge on any atom is -0.347 e. The summed E-state index contributed by atoms with van der Waals surface area (Å²) < 4.78 is 23.9. The van der Waals surface area contributed by atoms with E-state index in [-0.39, 0.29) is 12.3 Å². The third-order valence-corrected chi connectivity index (χ3v) is 1.54. The molecule has 0 amide bonds. The van der Waals surface area contributed by atoms with E-state index in [2.05, 4.69) is 12.1 Å². The van der Waals surface area contributed by atoms with Gasteiger partial charge in [0.2, 0.25) is 0 Å². The fourth-order valence-corrected chi connectivity index (χ4v) is 0.577. The molecular formula is C2H6BNO3S. The lowest BCUT2D eigenvalue weighted by Gasteiger charge is -1.95. The lowest BCUT2D eigenvalue weighted by Crippen LogP contribution is -2.16. The maximum absolute atomic E-state index is 10.2. The predicted molar refractivity (Wildman–Crippen MR) is 29.7 cm³/mol. The number of nitrogens with two attached hydrogens (primary N) is 1. The second-order valence-electron chi connectivity index (χ2n) is 1.15. The second kappa shape index (κ2) is 3.06. The topological polar surface area (TPSA) is 69.4 Å². The van der Waals surface area contributed by atoms with Crippen molar-refractivity contribution in [2.24, 2.45) is 5.73 Å². The Bertz CT molecular complexity index is 141. The van der Waals surface area contributed by atoms with E-state index >= 15 is 0 Å². The van der Waals surface area contributed by atoms with E-state index in [1.807, 2.05) is 0 Å². The Morgan fingerprint density at radius 2 is 2.12 bits per heavy atom. The molecule has 4 nitrogen and oxygen atoms in total. The lowest BCUT2D eigenvalue weighted by molar-refractivity contribution is 0.508. The van der Waals surface area contributed by atoms with Crippen molar-refractivity contribution in [3.63, 3.8) is 0 Å². The molecule has 0 spiro atoms. The zero-order valence-electron chi connectivity index (χ0n) is 4.20. The van der Waals surface area contributed by atoms with E-state index in [1.54, 1.807) is 0 Å². The molecule has 0 aliphatic carbocycles. The second-order valence-corrected chi connectivity index (χ2v) is 2.86. The van der Waals surface area contributed by atoms with Gasteiger partial charge >= 0.3 is 8.05 Å². The Hall–Kier alpha value is -0.0651. The largest absolute Gasteiger partial charge is 0.347 e. The third-order valence-electron chi connectivity index (χ3n) is 0.514. The van der Waals surface area contributed by atoms with E-state index in [0.717, 1.165) is 0 Å². The van der Waals surface area contributed by atoms with Crippen molar-refractivity contribution in [1.82, 2.24) is 0 Å². The van der Waals surface area contributed by atoms with Crippen molar-refractivity contribution >= 4 is 18.2 Å². The van der Waals surface area contributed by atoms with E-state index in [0.29, 0.717) is 0 Å². The fraction of sp³-hybridized carbons (Fsp3) is 1.00. The molecule has 0 aliphatic heterocycles. The van der Waals surface area contributed by atoms with E-state index in [9.17, 15) is 8.42 Å². The molecule has 0 rings (SSSR count). The highest BCUT2D eigenvalue weighted by Crippen LogP contribution is 1.84. The highest BCUT2D eigenvalue weighted by molar-refractivity contribution is 7.87. The van der Waals surface area contributed by atoms with Crippen molar-refractivity contribution in [2.75, 3.05) is 12.3 Å². The molecule has 0 unspecified atom stereocenters. The Morgan fingerprint density at radius 3 is 2.25 bits per heavy atom. The van der Waals surface area contributed by atoms with Crippen molar-refractivity contribution < 1.29 is 12.5 Å². The van der Waals surface area contributed by atoms with Crippen LogP contribution in [0.4, 0.5) is 0 Å². The highest BCUT2D eigenvalue weighted by Gasteiger charge is 2.03. The molecule has 0 bridgehead atoms. The molecule has 0 atom stereocenters. The summed E-state index contributed by atoms with van der Waals surface area (Å²) >= 11 is 0. The number of rotatable bonds is 3. The average Bonchev–Trinajstić information content (AvgIpc) is 1.67. The van der Waals surface area contributed by atoms with E-state index in [1.165, 1.54) is 0 Å². The first-order valence-corrected chi connectivity index (χ1v) is 3.51. The molecule has 0 heterocycles. The van der Waals surface area contributed by atoms with Crippen LogP contribution in [0.2, 0.25) is 0 Å². The van der Waals surface area contributed by atoms with Crippen LogP contribution in [-0.2, 0) is 14.2 Å². The first-order chi connectivity index (χ1) is 3.62. The van der Waals surface area contributed by atoms with Gasteiger partial charge in [0.1, 0.15) is 0 Å². The molecule has 8 heavy (non-hydrogen) atoms.